The van der Waals surface area contributed by atoms with Crippen LogP contribution in [0.5, 0.6) is 0 Å². The molecule has 0 bridgehead atoms. The number of carbonyl (C=O) groups excluding carboxylic acids is 2. The summed E-state index contributed by atoms with van der Waals surface area (Å²) in [5.41, 5.74) is 1.98. The Bertz CT molecular complexity index is 1270. The molecule has 0 aromatic carbocycles. The van der Waals surface area contributed by atoms with Gasteiger partial charge in [0.2, 0.25) is 0 Å². The number of nitriles is 1. The lowest BCUT2D eigenvalue weighted by Gasteiger charge is -2.00. The molecule has 2 aromatic rings. The van der Waals surface area contributed by atoms with E-state index in [1.165, 1.54) is 17.8 Å². The van der Waals surface area contributed by atoms with Crippen molar-refractivity contribution in [2.45, 2.75) is 27.3 Å². The van der Waals surface area contributed by atoms with Crippen molar-refractivity contribution in [3.8, 4) is 6.07 Å². The van der Waals surface area contributed by atoms with Crippen molar-refractivity contribution in [3.63, 3.8) is 0 Å². The van der Waals surface area contributed by atoms with Crippen molar-refractivity contribution in [3.05, 3.63) is 60.8 Å². The zero-order valence-electron chi connectivity index (χ0n) is 17.8. The molecule has 0 saturated carbocycles. The Morgan fingerprint density at radius 2 is 2.03 bits per heavy atom. The predicted octanol–water partition coefficient (Wildman–Crippen LogP) is 1.56. The molecule has 0 aliphatic carbocycles. The maximum atomic E-state index is 12.7. The van der Waals surface area contributed by atoms with Crippen LogP contribution in [0.2, 0.25) is 0 Å². The second-order valence-corrected chi connectivity index (χ2v) is 7.41. The van der Waals surface area contributed by atoms with E-state index in [4.69, 9.17) is 9.47 Å². The Morgan fingerprint density at radius 3 is 2.61 bits per heavy atom. The quantitative estimate of drug-likeness (QED) is 0.515. The van der Waals surface area contributed by atoms with Crippen LogP contribution in [0.3, 0.4) is 0 Å². The van der Waals surface area contributed by atoms with Crippen LogP contribution in [0.25, 0.3) is 17.7 Å². The normalized spacial score (nSPS) is 12.5. The average molecular weight is 442 g/mol. The van der Waals surface area contributed by atoms with Crippen molar-refractivity contribution in [1.29, 1.82) is 5.26 Å². The molecule has 0 radical (unpaired) electrons. The largest absolute Gasteiger partial charge is 0.465 e. The summed E-state index contributed by atoms with van der Waals surface area (Å²) < 4.78 is 11.7. The van der Waals surface area contributed by atoms with Gasteiger partial charge in [-0.1, -0.05) is 24.8 Å². The number of nitrogens with zero attached hydrogens (tertiary/aromatic N) is 2. The highest BCUT2D eigenvalue weighted by molar-refractivity contribution is 7.07. The molecule has 8 nitrogen and oxygen atoms in total. The van der Waals surface area contributed by atoms with Crippen LogP contribution in [0, 0.1) is 25.2 Å². The van der Waals surface area contributed by atoms with Gasteiger partial charge in [0, 0.05) is 23.5 Å². The highest BCUT2D eigenvalue weighted by Crippen LogP contribution is 2.20. The third-order valence-corrected chi connectivity index (χ3v) is 5.56. The minimum atomic E-state index is -0.811. The summed E-state index contributed by atoms with van der Waals surface area (Å²) in [6.45, 7) is 9.06. The van der Waals surface area contributed by atoms with Crippen LogP contribution < -0.4 is 14.8 Å². The molecular weight excluding hydrogens is 418 g/mol. The number of aromatic nitrogens is 2. The Balaban J connectivity index is 2.60. The molecule has 0 unspecified atom stereocenters. The van der Waals surface area contributed by atoms with Crippen LogP contribution >= 0.6 is 11.3 Å². The lowest BCUT2D eigenvalue weighted by atomic mass is 10.1. The summed E-state index contributed by atoms with van der Waals surface area (Å²) in [5.74, 6) is -1.27. The van der Waals surface area contributed by atoms with Crippen molar-refractivity contribution >= 4 is 41.0 Å². The van der Waals surface area contributed by atoms with Crippen LogP contribution in [-0.4, -0.2) is 35.2 Å². The third-order valence-electron chi connectivity index (χ3n) is 4.41. The first-order chi connectivity index (χ1) is 14.8. The van der Waals surface area contributed by atoms with E-state index in [0.717, 1.165) is 17.0 Å². The first-order valence-corrected chi connectivity index (χ1v) is 10.2. The van der Waals surface area contributed by atoms with E-state index in [2.05, 4.69) is 11.6 Å². The van der Waals surface area contributed by atoms with Crippen molar-refractivity contribution in [1.82, 2.24) is 9.55 Å². The fraction of sp³-hybridized carbons (Fsp3) is 0.273. The Hall–Kier alpha value is -3.64. The summed E-state index contributed by atoms with van der Waals surface area (Å²) in [7, 11) is 1.31. The van der Waals surface area contributed by atoms with Crippen molar-refractivity contribution < 1.29 is 19.1 Å². The second-order valence-electron chi connectivity index (χ2n) is 6.38. The number of aromatic amines is 1. The summed E-state index contributed by atoms with van der Waals surface area (Å²) in [6.07, 6.45) is 6.32. The van der Waals surface area contributed by atoms with Crippen molar-refractivity contribution in [2.24, 2.45) is 0 Å². The number of methoxy groups -OCH3 is 1. The van der Waals surface area contributed by atoms with Gasteiger partial charge in [0.1, 0.15) is 17.3 Å². The van der Waals surface area contributed by atoms with Gasteiger partial charge in [-0.25, -0.2) is 9.59 Å². The minimum Gasteiger partial charge on any atom is -0.465 e. The fourth-order valence-electron chi connectivity index (χ4n) is 3.00. The van der Waals surface area contributed by atoms with E-state index in [0.29, 0.717) is 21.4 Å². The van der Waals surface area contributed by atoms with E-state index in [9.17, 15) is 19.6 Å². The van der Waals surface area contributed by atoms with Gasteiger partial charge in [0.05, 0.1) is 17.2 Å². The molecule has 162 valence electrons. The monoisotopic (exact) mass is 441 g/mol. The van der Waals surface area contributed by atoms with Crippen LogP contribution in [0.1, 0.15) is 34.2 Å². The number of ether oxygens (including phenoxy) is 2. The predicted molar refractivity (Wildman–Crippen MR) is 119 cm³/mol. The van der Waals surface area contributed by atoms with Crippen molar-refractivity contribution in [2.75, 3.05) is 13.7 Å². The Kier molecular flexibility index (Phi) is 7.94. The standard InChI is InChI=1S/C22H23N3O5S/c1-6-11-30-21(27)16(12-23)20-25(7-2)19(26)17(31-20)10-8-9-15-13(3)24-14(4)18(15)22(28)29-5/h6,8-10,24H,1,7,11H2,2-5H3/b9-8?,17-10+,20-16-. The van der Waals surface area contributed by atoms with Gasteiger partial charge < -0.3 is 14.5 Å². The number of H-pyrrole nitrogens is 1. The number of allylic oxidation sites excluding steroid dienone is 1. The summed E-state index contributed by atoms with van der Waals surface area (Å²) in [6, 6.07) is 1.83. The van der Waals surface area contributed by atoms with Gasteiger partial charge in [-0.05, 0) is 26.8 Å². The number of nitrogens with one attached hydrogen (secondary N) is 1. The number of thiazole rings is 1. The summed E-state index contributed by atoms with van der Waals surface area (Å²) in [5, 5.41) is 9.44. The lowest BCUT2D eigenvalue weighted by Crippen LogP contribution is -2.32. The highest BCUT2D eigenvalue weighted by Gasteiger charge is 2.18. The SMILES string of the molecule is C=CCOC(=O)/C(C#N)=c1\s/c(=C/C=Cc2c(C)[nH]c(C)c2C(=O)OC)c(=O)n1CC. The zero-order valence-corrected chi connectivity index (χ0v) is 18.6. The average Bonchev–Trinajstić information content (AvgIpc) is 3.21. The van der Waals surface area contributed by atoms with Crippen LogP contribution in [0.4, 0.5) is 0 Å². The highest BCUT2D eigenvalue weighted by atomic mass is 32.1. The van der Waals surface area contributed by atoms with E-state index in [1.807, 2.05) is 13.0 Å². The first-order valence-electron chi connectivity index (χ1n) is 9.38. The Labute approximate surface area is 183 Å². The molecule has 1 N–H and O–H groups in total. The van der Waals surface area contributed by atoms with E-state index in [-0.39, 0.29) is 28.9 Å². The molecule has 0 amide bonds. The molecule has 2 aromatic heterocycles. The fourth-order valence-corrected chi connectivity index (χ4v) is 4.11. The molecule has 9 heteroatoms. The van der Waals surface area contributed by atoms with Gasteiger partial charge in [0.25, 0.3) is 5.56 Å². The second kappa shape index (κ2) is 10.4. The molecule has 0 fully saturated rings. The molecule has 2 heterocycles. The van der Waals surface area contributed by atoms with Gasteiger partial charge in [-0.2, -0.15) is 5.26 Å². The minimum absolute atomic E-state index is 0.0363. The topological polar surface area (TPSA) is 114 Å². The molecular formula is C22H23N3O5S. The number of rotatable bonds is 7. The number of carbonyl (C=O) groups is 2. The molecule has 0 aliphatic heterocycles. The number of hydrogen-bond acceptors (Lipinski definition) is 7. The van der Waals surface area contributed by atoms with Gasteiger partial charge >= 0.3 is 11.9 Å². The zero-order chi connectivity index (χ0) is 23.1. The van der Waals surface area contributed by atoms with Gasteiger partial charge in [0.15, 0.2) is 5.57 Å². The van der Waals surface area contributed by atoms with Gasteiger partial charge in [-0.15, -0.1) is 11.3 Å². The first kappa shape index (κ1) is 23.6. The van der Waals surface area contributed by atoms with Gasteiger partial charge in [-0.3, -0.25) is 9.36 Å². The molecule has 0 aliphatic rings. The molecule has 0 saturated heterocycles. The van der Waals surface area contributed by atoms with E-state index in [1.54, 1.807) is 32.1 Å². The molecule has 2 rings (SSSR count). The maximum Gasteiger partial charge on any atom is 0.352 e. The number of hydrogen-bond donors (Lipinski definition) is 1. The lowest BCUT2D eigenvalue weighted by molar-refractivity contribution is -0.135. The smallest absolute Gasteiger partial charge is 0.352 e. The molecule has 0 spiro atoms. The number of aryl methyl sites for hydroxylation is 2. The summed E-state index contributed by atoms with van der Waals surface area (Å²) in [4.78, 5) is 40.1. The summed E-state index contributed by atoms with van der Waals surface area (Å²) >= 11 is 1.02. The van der Waals surface area contributed by atoms with E-state index >= 15 is 0 Å². The molecule has 0 atom stereocenters. The number of esters is 2. The van der Waals surface area contributed by atoms with Crippen LogP contribution in [0.15, 0.2) is 23.5 Å². The third kappa shape index (κ3) is 4.92. The molecule has 31 heavy (non-hydrogen) atoms. The van der Waals surface area contributed by atoms with E-state index < -0.39 is 11.9 Å². The maximum absolute atomic E-state index is 12.7. The van der Waals surface area contributed by atoms with Crippen LogP contribution in [-0.2, 0) is 20.8 Å². The Morgan fingerprint density at radius 1 is 1.32 bits per heavy atom.